The Bertz CT molecular complexity index is 713. The summed E-state index contributed by atoms with van der Waals surface area (Å²) in [5, 5.41) is -0.365. The maximum atomic E-state index is 13.4. The molecule has 2 atom stereocenters. The average Bonchev–Trinajstić information content (AvgIpc) is 2.61. The van der Waals surface area contributed by atoms with Gasteiger partial charge in [0.15, 0.2) is 8.24 Å². The van der Waals surface area contributed by atoms with E-state index in [0.717, 1.165) is 11.1 Å². The third kappa shape index (κ3) is 3.27. The molecular formula is C16H26N2O2SSi. The molecular weight excluding hydrogens is 312 g/mol. The van der Waals surface area contributed by atoms with Crippen LogP contribution in [0.4, 0.5) is 0 Å². The number of nitrogens with zero attached hydrogens (tertiary/aromatic N) is 1. The molecule has 1 aromatic carbocycles. The Kier molecular flexibility index (Phi) is 4.30. The van der Waals surface area contributed by atoms with Gasteiger partial charge in [-0.05, 0) is 30.6 Å². The summed E-state index contributed by atoms with van der Waals surface area (Å²) in [7, 11) is -4.89. The molecule has 0 aliphatic carbocycles. The van der Waals surface area contributed by atoms with Crippen molar-refractivity contribution >= 4 is 24.1 Å². The molecule has 1 amide bonds. The van der Waals surface area contributed by atoms with Crippen molar-refractivity contribution in [2.24, 2.45) is 4.03 Å². The fourth-order valence-corrected chi connectivity index (χ4v) is 8.24. The standard InChI is InChI=1S/C16H26N2O2SSi/c1-12-8-7-9-13(10-12)14-11-15(19)17-21(14,20)18-22(5,6)16(2,3)4/h7-10,14H,11H2,1-6H3,(H,17,18,19,20). The molecule has 4 nitrogen and oxygen atoms in total. The Morgan fingerprint density at radius 3 is 2.50 bits per heavy atom. The van der Waals surface area contributed by atoms with Crippen molar-refractivity contribution in [1.82, 2.24) is 4.72 Å². The molecule has 1 aromatic rings. The van der Waals surface area contributed by atoms with Gasteiger partial charge in [0, 0.05) is 6.42 Å². The molecule has 1 aliphatic heterocycles. The Morgan fingerprint density at radius 1 is 1.32 bits per heavy atom. The van der Waals surface area contributed by atoms with E-state index < -0.39 is 18.2 Å². The molecule has 6 heteroatoms. The van der Waals surface area contributed by atoms with Gasteiger partial charge >= 0.3 is 0 Å². The lowest BCUT2D eigenvalue weighted by Gasteiger charge is -2.33. The predicted octanol–water partition coefficient (Wildman–Crippen LogP) is 3.94. The fraction of sp³-hybridized carbons (Fsp3) is 0.562. The zero-order chi connectivity index (χ0) is 16.8. The second kappa shape index (κ2) is 5.49. The zero-order valence-corrected chi connectivity index (χ0v) is 16.1. The lowest BCUT2D eigenvalue weighted by Crippen LogP contribution is -2.38. The zero-order valence-electron chi connectivity index (χ0n) is 14.3. The van der Waals surface area contributed by atoms with E-state index in [9.17, 15) is 9.00 Å². The first-order valence-electron chi connectivity index (χ1n) is 7.59. The number of amides is 1. The molecule has 1 heterocycles. The van der Waals surface area contributed by atoms with Crippen molar-refractivity contribution in [3.05, 3.63) is 35.4 Å². The smallest absolute Gasteiger partial charge is 0.233 e. The highest BCUT2D eigenvalue weighted by molar-refractivity contribution is 7.93. The highest BCUT2D eigenvalue weighted by atomic mass is 32.2. The average molecular weight is 339 g/mol. The molecule has 1 fully saturated rings. The first kappa shape index (κ1) is 17.2. The summed E-state index contributed by atoms with van der Waals surface area (Å²) in [5.41, 5.74) is 2.04. The van der Waals surface area contributed by atoms with Gasteiger partial charge in [0.25, 0.3) is 0 Å². The summed E-state index contributed by atoms with van der Waals surface area (Å²) in [4.78, 5) is 11.9. The van der Waals surface area contributed by atoms with Gasteiger partial charge in [0.2, 0.25) is 5.91 Å². The topological polar surface area (TPSA) is 58.5 Å². The number of carbonyl (C=O) groups excluding carboxylic acids is 1. The van der Waals surface area contributed by atoms with E-state index in [-0.39, 0.29) is 22.6 Å². The number of benzene rings is 1. The van der Waals surface area contributed by atoms with E-state index in [1.54, 1.807) is 0 Å². The second-order valence-corrected chi connectivity index (χ2v) is 14.9. The molecule has 2 rings (SSSR count). The van der Waals surface area contributed by atoms with E-state index in [2.05, 4.69) is 38.6 Å². The van der Waals surface area contributed by atoms with Crippen LogP contribution in [-0.2, 0) is 14.7 Å². The Hall–Kier alpha value is -1.14. The van der Waals surface area contributed by atoms with Crippen molar-refractivity contribution in [2.45, 2.75) is 57.5 Å². The maximum Gasteiger partial charge on any atom is 0.233 e. The van der Waals surface area contributed by atoms with E-state index in [0.29, 0.717) is 0 Å². The van der Waals surface area contributed by atoms with Gasteiger partial charge in [-0.25, -0.2) is 4.21 Å². The van der Waals surface area contributed by atoms with Gasteiger partial charge in [-0.3, -0.25) is 13.5 Å². The van der Waals surface area contributed by atoms with Gasteiger partial charge in [0.1, 0.15) is 9.92 Å². The van der Waals surface area contributed by atoms with Crippen LogP contribution in [0.15, 0.2) is 28.3 Å². The summed E-state index contributed by atoms with van der Waals surface area (Å²) in [5.74, 6) is -0.168. The van der Waals surface area contributed by atoms with Crippen LogP contribution in [0, 0.1) is 6.92 Å². The quantitative estimate of drug-likeness (QED) is 0.830. The van der Waals surface area contributed by atoms with Crippen LogP contribution >= 0.6 is 0 Å². The normalized spacial score (nSPS) is 25.9. The van der Waals surface area contributed by atoms with Crippen LogP contribution in [0.1, 0.15) is 43.6 Å². The molecule has 0 aromatic heterocycles. The number of rotatable bonds is 2. The number of hydrogen-bond donors (Lipinski definition) is 1. The highest BCUT2D eigenvalue weighted by Gasteiger charge is 2.42. The summed E-state index contributed by atoms with van der Waals surface area (Å²) in [6.45, 7) is 12.6. The number of carbonyl (C=O) groups is 1. The third-order valence-electron chi connectivity index (χ3n) is 4.63. The minimum atomic E-state index is -2.77. The van der Waals surface area contributed by atoms with Crippen molar-refractivity contribution in [3.8, 4) is 0 Å². The summed E-state index contributed by atoms with van der Waals surface area (Å²) >= 11 is 0. The van der Waals surface area contributed by atoms with Crippen LogP contribution < -0.4 is 4.72 Å². The Balaban J connectivity index is 2.56. The SMILES string of the molecule is Cc1cccc(C2CC(=O)NS2(=O)=N[Si](C)(C)C(C)(C)C)c1. The van der Waals surface area contributed by atoms with Crippen molar-refractivity contribution in [3.63, 3.8) is 0 Å². The number of aryl methyl sites for hydroxylation is 1. The summed E-state index contributed by atoms with van der Waals surface area (Å²) < 4.78 is 20.9. The van der Waals surface area contributed by atoms with Crippen LogP contribution in [0.3, 0.4) is 0 Å². The van der Waals surface area contributed by atoms with E-state index in [1.165, 1.54) is 0 Å². The Labute approximate surface area is 135 Å². The first-order valence-corrected chi connectivity index (χ1v) is 12.1. The van der Waals surface area contributed by atoms with Gasteiger partial charge in [0.05, 0.1) is 5.25 Å². The van der Waals surface area contributed by atoms with Crippen LogP contribution in [0.2, 0.25) is 18.1 Å². The Morgan fingerprint density at radius 2 is 1.95 bits per heavy atom. The van der Waals surface area contributed by atoms with Crippen LogP contribution in [0.5, 0.6) is 0 Å². The molecule has 122 valence electrons. The molecule has 1 saturated heterocycles. The van der Waals surface area contributed by atoms with E-state index in [4.69, 9.17) is 4.03 Å². The maximum absolute atomic E-state index is 13.4. The number of nitrogens with one attached hydrogen (secondary N) is 1. The molecule has 0 bridgehead atoms. The second-order valence-electron chi connectivity index (χ2n) is 7.60. The molecule has 0 radical (unpaired) electrons. The van der Waals surface area contributed by atoms with Crippen molar-refractivity contribution in [1.29, 1.82) is 0 Å². The minimum absolute atomic E-state index is 0.0120. The van der Waals surface area contributed by atoms with Crippen LogP contribution in [0.25, 0.3) is 0 Å². The lowest BCUT2D eigenvalue weighted by atomic mass is 10.1. The monoisotopic (exact) mass is 338 g/mol. The van der Waals surface area contributed by atoms with E-state index >= 15 is 0 Å². The molecule has 1 N–H and O–H groups in total. The largest absolute Gasteiger partial charge is 0.274 e. The molecule has 0 saturated carbocycles. The van der Waals surface area contributed by atoms with E-state index in [1.807, 2.05) is 31.2 Å². The minimum Gasteiger partial charge on any atom is -0.274 e. The molecule has 1 aliphatic rings. The molecule has 2 unspecified atom stereocenters. The first-order chi connectivity index (χ1) is 9.95. The summed E-state index contributed by atoms with van der Waals surface area (Å²) in [6.07, 6.45) is 0.250. The molecule has 22 heavy (non-hydrogen) atoms. The number of hydrogen-bond acceptors (Lipinski definition) is 3. The highest BCUT2D eigenvalue weighted by Crippen LogP contribution is 2.40. The summed E-state index contributed by atoms with van der Waals surface area (Å²) in [6, 6.07) is 7.89. The van der Waals surface area contributed by atoms with Gasteiger partial charge in [-0.1, -0.05) is 50.6 Å². The fourth-order valence-electron chi connectivity index (χ4n) is 2.29. The predicted molar refractivity (Wildman–Crippen MR) is 94.4 cm³/mol. The van der Waals surface area contributed by atoms with Crippen LogP contribution in [-0.4, -0.2) is 18.4 Å². The van der Waals surface area contributed by atoms with Crippen molar-refractivity contribution in [2.75, 3.05) is 0 Å². The lowest BCUT2D eigenvalue weighted by molar-refractivity contribution is -0.118. The van der Waals surface area contributed by atoms with Gasteiger partial charge < -0.3 is 0 Å². The van der Waals surface area contributed by atoms with Gasteiger partial charge in [-0.15, -0.1) is 0 Å². The van der Waals surface area contributed by atoms with Crippen molar-refractivity contribution < 1.29 is 9.00 Å². The van der Waals surface area contributed by atoms with Gasteiger partial charge in [-0.2, -0.15) is 0 Å². The molecule has 0 spiro atoms. The third-order valence-corrected chi connectivity index (χ3v) is 12.9.